The van der Waals surface area contributed by atoms with Crippen molar-refractivity contribution in [3.8, 4) is 12.1 Å². The number of allylic oxidation sites excluding steroid dienone is 1. The summed E-state index contributed by atoms with van der Waals surface area (Å²) in [4.78, 5) is 2.16. The van der Waals surface area contributed by atoms with E-state index in [0.29, 0.717) is 0 Å². The number of anilines is 3. The van der Waals surface area contributed by atoms with E-state index in [0.717, 1.165) is 22.6 Å². The quantitative estimate of drug-likeness (QED) is 0.589. The first-order valence-corrected chi connectivity index (χ1v) is 7.84. The fraction of sp³-hybridized carbons (Fsp3) is 0. The molecule has 3 aromatic rings. The minimum absolute atomic E-state index is 0.0933. The normalized spacial score (nSPS) is 9.52. The van der Waals surface area contributed by atoms with Crippen molar-refractivity contribution in [3.05, 3.63) is 96.1 Å². The van der Waals surface area contributed by atoms with E-state index in [1.165, 1.54) is 0 Å². The third-order valence-corrected chi connectivity index (χ3v) is 3.73. The zero-order chi connectivity index (χ0) is 17.5. The number of benzene rings is 3. The molecule has 0 aliphatic rings. The molecule has 0 N–H and O–H groups in total. The van der Waals surface area contributed by atoms with E-state index < -0.39 is 0 Å². The first-order valence-electron chi connectivity index (χ1n) is 7.84. The summed E-state index contributed by atoms with van der Waals surface area (Å²) >= 11 is 0. The van der Waals surface area contributed by atoms with Crippen LogP contribution in [0.1, 0.15) is 5.56 Å². The second-order valence-electron chi connectivity index (χ2n) is 5.38. The fourth-order valence-electron chi connectivity index (χ4n) is 2.58. The number of rotatable bonds is 4. The summed E-state index contributed by atoms with van der Waals surface area (Å²) in [5.41, 5.74) is 4.04. The van der Waals surface area contributed by atoms with Crippen LogP contribution in [0.25, 0.3) is 6.08 Å². The van der Waals surface area contributed by atoms with Crippen LogP contribution < -0.4 is 4.90 Å². The van der Waals surface area contributed by atoms with Gasteiger partial charge in [0, 0.05) is 17.1 Å². The van der Waals surface area contributed by atoms with Gasteiger partial charge < -0.3 is 4.90 Å². The summed E-state index contributed by atoms with van der Waals surface area (Å²) in [5, 5.41) is 17.8. The van der Waals surface area contributed by atoms with Gasteiger partial charge in [-0.1, -0.05) is 48.5 Å². The van der Waals surface area contributed by atoms with Crippen LogP contribution in [-0.2, 0) is 0 Å². The predicted molar refractivity (Wildman–Crippen MR) is 100 cm³/mol. The standard InChI is InChI=1S/C22H15N3/c23-16-19(17-24)15-18-11-13-22(14-12-18)25(20-7-3-1-4-8-20)21-9-5-2-6-10-21/h1-15H. The Bertz CT molecular complexity index is 889. The highest BCUT2D eigenvalue weighted by Crippen LogP contribution is 2.34. The maximum atomic E-state index is 8.88. The number of nitrogens with zero attached hydrogens (tertiary/aromatic N) is 3. The van der Waals surface area contributed by atoms with Crippen molar-refractivity contribution in [2.45, 2.75) is 0 Å². The van der Waals surface area contributed by atoms with Gasteiger partial charge in [-0.25, -0.2) is 0 Å². The highest BCUT2D eigenvalue weighted by Gasteiger charge is 2.11. The van der Waals surface area contributed by atoms with Crippen molar-refractivity contribution in [3.63, 3.8) is 0 Å². The molecule has 3 heteroatoms. The van der Waals surface area contributed by atoms with Gasteiger partial charge in [0.05, 0.1) is 0 Å². The Morgan fingerprint density at radius 2 is 1.08 bits per heavy atom. The molecular weight excluding hydrogens is 306 g/mol. The number of nitriles is 2. The third-order valence-electron chi connectivity index (χ3n) is 3.73. The second-order valence-corrected chi connectivity index (χ2v) is 5.38. The minimum Gasteiger partial charge on any atom is -0.311 e. The van der Waals surface area contributed by atoms with Gasteiger partial charge in [-0.2, -0.15) is 10.5 Å². The fourth-order valence-corrected chi connectivity index (χ4v) is 2.58. The van der Waals surface area contributed by atoms with Gasteiger partial charge in [-0.05, 0) is 48.0 Å². The molecule has 0 saturated carbocycles. The molecule has 118 valence electrons. The Hall–Kier alpha value is -3.82. The summed E-state index contributed by atoms with van der Waals surface area (Å²) in [7, 11) is 0. The monoisotopic (exact) mass is 321 g/mol. The molecule has 0 aliphatic carbocycles. The molecule has 0 atom stereocenters. The molecule has 0 aliphatic heterocycles. The Morgan fingerprint density at radius 3 is 1.52 bits per heavy atom. The molecule has 0 radical (unpaired) electrons. The van der Waals surface area contributed by atoms with Gasteiger partial charge >= 0.3 is 0 Å². The van der Waals surface area contributed by atoms with Crippen LogP contribution in [0.15, 0.2) is 90.5 Å². The molecule has 0 fully saturated rings. The van der Waals surface area contributed by atoms with Crippen molar-refractivity contribution in [1.82, 2.24) is 0 Å². The molecule has 0 unspecified atom stereocenters. The molecule has 3 nitrogen and oxygen atoms in total. The van der Waals surface area contributed by atoms with Crippen LogP contribution in [-0.4, -0.2) is 0 Å². The van der Waals surface area contributed by atoms with E-state index in [1.54, 1.807) is 6.08 Å². The van der Waals surface area contributed by atoms with Crippen molar-refractivity contribution in [1.29, 1.82) is 10.5 Å². The smallest absolute Gasteiger partial charge is 0.130 e. The molecule has 0 amide bonds. The Balaban J connectivity index is 2.02. The van der Waals surface area contributed by atoms with E-state index in [1.807, 2.05) is 72.8 Å². The van der Waals surface area contributed by atoms with Gasteiger partial charge in [0.2, 0.25) is 0 Å². The van der Waals surface area contributed by atoms with Crippen LogP contribution in [0.2, 0.25) is 0 Å². The number of para-hydroxylation sites is 2. The lowest BCUT2D eigenvalue weighted by Crippen LogP contribution is -2.09. The van der Waals surface area contributed by atoms with Gasteiger partial charge in [0.25, 0.3) is 0 Å². The molecule has 0 heterocycles. The summed E-state index contributed by atoms with van der Waals surface area (Å²) in [6.07, 6.45) is 1.58. The van der Waals surface area contributed by atoms with E-state index in [9.17, 15) is 0 Å². The van der Waals surface area contributed by atoms with Gasteiger partial charge in [0.1, 0.15) is 17.7 Å². The second kappa shape index (κ2) is 7.64. The highest BCUT2D eigenvalue weighted by molar-refractivity contribution is 5.77. The maximum Gasteiger partial charge on any atom is 0.130 e. The summed E-state index contributed by atoms with van der Waals surface area (Å²) in [6, 6.07) is 31.8. The molecule has 3 aromatic carbocycles. The third kappa shape index (κ3) is 3.75. The molecule has 3 rings (SSSR count). The molecular formula is C22H15N3. The lowest BCUT2D eigenvalue weighted by Gasteiger charge is -2.25. The molecule has 0 saturated heterocycles. The van der Waals surface area contributed by atoms with E-state index in [4.69, 9.17) is 10.5 Å². The molecule has 0 bridgehead atoms. The Morgan fingerprint density at radius 1 is 0.640 bits per heavy atom. The summed E-state index contributed by atoms with van der Waals surface area (Å²) in [5.74, 6) is 0. The maximum absolute atomic E-state index is 8.88. The molecule has 0 aromatic heterocycles. The lowest BCUT2D eigenvalue weighted by molar-refractivity contribution is 1.28. The zero-order valence-electron chi connectivity index (χ0n) is 13.5. The number of hydrogen-bond donors (Lipinski definition) is 0. The van der Waals surface area contributed by atoms with Gasteiger partial charge in [-0.15, -0.1) is 0 Å². The Labute approximate surface area is 147 Å². The first-order chi connectivity index (χ1) is 12.3. The first kappa shape index (κ1) is 16.1. The van der Waals surface area contributed by atoms with Crippen molar-refractivity contribution >= 4 is 23.1 Å². The molecule has 25 heavy (non-hydrogen) atoms. The predicted octanol–water partition coefficient (Wildman–Crippen LogP) is 5.59. The summed E-state index contributed by atoms with van der Waals surface area (Å²) < 4.78 is 0. The zero-order valence-corrected chi connectivity index (χ0v) is 13.5. The highest BCUT2D eigenvalue weighted by atomic mass is 15.1. The van der Waals surface area contributed by atoms with E-state index in [-0.39, 0.29) is 5.57 Å². The summed E-state index contributed by atoms with van der Waals surface area (Å²) in [6.45, 7) is 0. The van der Waals surface area contributed by atoms with Crippen LogP contribution >= 0.6 is 0 Å². The largest absolute Gasteiger partial charge is 0.311 e. The van der Waals surface area contributed by atoms with E-state index >= 15 is 0 Å². The molecule has 0 spiro atoms. The average molecular weight is 321 g/mol. The minimum atomic E-state index is 0.0933. The van der Waals surface area contributed by atoms with Crippen molar-refractivity contribution < 1.29 is 0 Å². The van der Waals surface area contributed by atoms with Crippen molar-refractivity contribution in [2.24, 2.45) is 0 Å². The SMILES string of the molecule is N#CC(C#N)=Cc1ccc(N(c2ccccc2)c2ccccc2)cc1. The topological polar surface area (TPSA) is 50.8 Å². The van der Waals surface area contributed by atoms with E-state index in [2.05, 4.69) is 29.2 Å². The number of hydrogen-bond acceptors (Lipinski definition) is 3. The van der Waals surface area contributed by atoms with Crippen LogP contribution in [0.3, 0.4) is 0 Å². The van der Waals surface area contributed by atoms with Crippen LogP contribution in [0.4, 0.5) is 17.1 Å². The Kier molecular flexibility index (Phi) is 4.90. The lowest BCUT2D eigenvalue weighted by atomic mass is 10.1. The van der Waals surface area contributed by atoms with Crippen molar-refractivity contribution in [2.75, 3.05) is 4.90 Å². The van der Waals surface area contributed by atoms with Gasteiger partial charge in [-0.3, -0.25) is 0 Å². The van der Waals surface area contributed by atoms with Crippen LogP contribution in [0, 0.1) is 22.7 Å². The van der Waals surface area contributed by atoms with Crippen LogP contribution in [0.5, 0.6) is 0 Å². The van der Waals surface area contributed by atoms with Gasteiger partial charge in [0.15, 0.2) is 0 Å². The average Bonchev–Trinajstić information content (AvgIpc) is 2.69.